The number of nitrogens with one attached hydrogen (secondary N) is 1. The van der Waals surface area contributed by atoms with Crippen LogP contribution in [0, 0.1) is 6.92 Å². The zero-order chi connectivity index (χ0) is 19.0. The molecule has 0 unspecified atom stereocenters. The molecule has 0 saturated heterocycles. The van der Waals surface area contributed by atoms with Crippen LogP contribution < -0.4 is 20.3 Å². The molecule has 4 rings (SSSR count). The molecule has 1 aliphatic rings. The zero-order valence-electron chi connectivity index (χ0n) is 15.1. The third-order valence-corrected chi connectivity index (χ3v) is 4.60. The van der Waals surface area contributed by atoms with Gasteiger partial charge in [0, 0.05) is 12.6 Å². The van der Waals surface area contributed by atoms with Crippen molar-refractivity contribution in [2.24, 2.45) is 7.05 Å². The molecule has 3 aromatic rings. The van der Waals surface area contributed by atoms with Crippen molar-refractivity contribution < 1.29 is 14.3 Å². The Hall–Kier alpha value is -3.48. The normalized spacial score (nSPS) is 12.7. The highest BCUT2D eigenvalue weighted by Gasteiger charge is 2.20. The molecule has 0 aliphatic carbocycles. The minimum atomic E-state index is -0.377. The summed E-state index contributed by atoms with van der Waals surface area (Å²) in [7, 11) is 1.78. The van der Waals surface area contributed by atoms with E-state index in [9.17, 15) is 9.59 Å². The molecule has 27 heavy (non-hydrogen) atoms. The number of carbonyl (C=O) groups is 1. The molecule has 138 valence electrons. The van der Waals surface area contributed by atoms with E-state index in [0.29, 0.717) is 36.0 Å². The van der Waals surface area contributed by atoms with Gasteiger partial charge in [0.1, 0.15) is 18.9 Å². The molecule has 1 aliphatic heterocycles. The first-order valence-electron chi connectivity index (χ1n) is 8.61. The lowest BCUT2D eigenvalue weighted by Gasteiger charge is -2.18. The number of hydrogen-bond donors (Lipinski definition) is 1. The van der Waals surface area contributed by atoms with Gasteiger partial charge in [0.25, 0.3) is 11.5 Å². The topological polar surface area (TPSA) is 74.5 Å². The van der Waals surface area contributed by atoms with Gasteiger partial charge in [0.05, 0.1) is 11.4 Å². The molecular weight excluding hydrogens is 346 g/mol. The van der Waals surface area contributed by atoms with Gasteiger partial charge in [-0.3, -0.25) is 14.3 Å². The molecule has 7 heteroatoms. The third-order valence-electron chi connectivity index (χ3n) is 4.60. The molecule has 0 bridgehead atoms. The van der Waals surface area contributed by atoms with E-state index in [-0.39, 0.29) is 17.2 Å². The van der Waals surface area contributed by atoms with E-state index in [2.05, 4.69) is 5.32 Å². The quantitative estimate of drug-likeness (QED) is 0.774. The molecule has 2 aromatic carbocycles. The lowest BCUT2D eigenvalue weighted by molar-refractivity contribution is 0.102. The van der Waals surface area contributed by atoms with Crippen LogP contribution in [-0.4, -0.2) is 28.5 Å². The maximum atomic E-state index is 12.9. The van der Waals surface area contributed by atoms with Crippen molar-refractivity contribution in [2.75, 3.05) is 18.5 Å². The van der Waals surface area contributed by atoms with Crippen LogP contribution in [0.3, 0.4) is 0 Å². The minimum Gasteiger partial charge on any atom is -0.486 e. The Labute approximate surface area is 155 Å². The van der Waals surface area contributed by atoms with Gasteiger partial charge in [0.2, 0.25) is 0 Å². The van der Waals surface area contributed by atoms with Crippen LogP contribution in [0.25, 0.3) is 5.69 Å². The van der Waals surface area contributed by atoms with Crippen molar-refractivity contribution >= 4 is 11.6 Å². The second-order valence-corrected chi connectivity index (χ2v) is 6.25. The Kier molecular flexibility index (Phi) is 4.19. The first-order chi connectivity index (χ1) is 13.1. The summed E-state index contributed by atoms with van der Waals surface area (Å²) in [5.74, 6) is 0.762. The number of benzene rings is 2. The van der Waals surface area contributed by atoms with Gasteiger partial charge in [-0.25, -0.2) is 4.68 Å². The Morgan fingerprint density at radius 1 is 1.04 bits per heavy atom. The number of amides is 1. The molecule has 0 radical (unpaired) electrons. The van der Waals surface area contributed by atoms with E-state index in [4.69, 9.17) is 9.47 Å². The molecule has 1 N–H and O–H groups in total. The molecular formula is C20H19N3O4. The van der Waals surface area contributed by atoms with Crippen LogP contribution in [0.15, 0.2) is 53.3 Å². The fourth-order valence-corrected chi connectivity index (χ4v) is 3.08. The second-order valence-electron chi connectivity index (χ2n) is 6.25. The highest BCUT2D eigenvalue weighted by Crippen LogP contribution is 2.31. The number of hydrogen-bond acceptors (Lipinski definition) is 4. The fraction of sp³-hybridized carbons (Fsp3) is 0.200. The highest BCUT2D eigenvalue weighted by atomic mass is 16.6. The average molecular weight is 365 g/mol. The number of ether oxygens (including phenoxy) is 2. The lowest BCUT2D eigenvalue weighted by atomic mass is 10.1. The van der Waals surface area contributed by atoms with E-state index in [1.54, 1.807) is 36.9 Å². The predicted octanol–water partition coefficient (Wildman–Crippen LogP) is 2.51. The number of para-hydroxylation sites is 1. The van der Waals surface area contributed by atoms with Crippen LogP contribution in [-0.2, 0) is 7.05 Å². The summed E-state index contributed by atoms with van der Waals surface area (Å²) in [4.78, 5) is 25.6. The standard InChI is InChI=1S/C20H19N3O4/c1-13-18(20(25)23(22(13)2)15-6-4-3-5-7-15)21-19(24)14-8-9-16-17(12-14)27-11-10-26-16/h3-9,12H,10-11H2,1-2H3,(H,21,24). The van der Waals surface area contributed by atoms with Crippen molar-refractivity contribution in [1.29, 1.82) is 0 Å². The second kappa shape index (κ2) is 6.68. The molecule has 1 amide bonds. The molecule has 1 aromatic heterocycles. The van der Waals surface area contributed by atoms with Gasteiger partial charge in [-0.05, 0) is 37.3 Å². The zero-order valence-corrected chi connectivity index (χ0v) is 15.1. The van der Waals surface area contributed by atoms with Gasteiger partial charge >= 0.3 is 0 Å². The highest BCUT2D eigenvalue weighted by molar-refractivity contribution is 6.04. The Bertz CT molecular complexity index is 1070. The summed E-state index contributed by atoms with van der Waals surface area (Å²) in [6, 6.07) is 14.3. The summed E-state index contributed by atoms with van der Waals surface area (Å²) >= 11 is 0. The number of nitrogens with zero attached hydrogens (tertiary/aromatic N) is 2. The largest absolute Gasteiger partial charge is 0.486 e. The van der Waals surface area contributed by atoms with Crippen LogP contribution in [0.4, 0.5) is 5.69 Å². The fourth-order valence-electron chi connectivity index (χ4n) is 3.08. The maximum absolute atomic E-state index is 12.9. The number of anilines is 1. The smallest absolute Gasteiger partial charge is 0.295 e. The van der Waals surface area contributed by atoms with Crippen molar-refractivity contribution in [1.82, 2.24) is 9.36 Å². The predicted molar refractivity (Wildman–Crippen MR) is 101 cm³/mol. The van der Waals surface area contributed by atoms with Crippen molar-refractivity contribution in [3.8, 4) is 17.2 Å². The lowest BCUT2D eigenvalue weighted by Crippen LogP contribution is -2.23. The minimum absolute atomic E-state index is 0.251. The SMILES string of the molecule is Cc1c(NC(=O)c2ccc3c(c2)OCCO3)c(=O)n(-c2ccccc2)n1C. The molecule has 0 fully saturated rings. The van der Waals surface area contributed by atoms with Gasteiger partial charge in [0.15, 0.2) is 11.5 Å². The molecule has 0 saturated carbocycles. The van der Waals surface area contributed by atoms with E-state index in [1.807, 2.05) is 30.3 Å². The third kappa shape index (κ3) is 2.97. The first-order valence-corrected chi connectivity index (χ1v) is 8.61. The Balaban J connectivity index is 1.67. The van der Waals surface area contributed by atoms with Crippen molar-refractivity contribution in [3.63, 3.8) is 0 Å². The average Bonchev–Trinajstić information content (AvgIpc) is 2.91. The monoisotopic (exact) mass is 365 g/mol. The van der Waals surface area contributed by atoms with Gasteiger partial charge in [-0.1, -0.05) is 18.2 Å². The van der Waals surface area contributed by atoms with Crippen LogP contribution in [0.2, 0.25) is 0 Å². The number of aromatic nitrogens is 2. The molecule has 0 spiro atoms. The summed E-state index contributed by atoms with van der Waals surface area (Å²) in [6.45, 7) is 2.72. The molecule has 0 atom stereocenters. The summed E-state index contributed by atoms with van der Waals surface area (Å²) < 4.78 is 14.2. The molecule has 7 nitrogen and oxygen atoms in total. The van der Waals surface area contributed by atoms with Gasteiger partial charge in [-0.15, -0.1) is 0 Å². The Morgan fingerprint density at radius 2 is 1.74 bits per heavy atom. The summed E-state index contributed by atoms with van der Waals surface area (Å²) in [5, 5.41) is 2.74. The molecule has 2 heterocycles. The van der Waals surface area contributed by atoms with E-state index in [0.717, 1.165) is 5.69 Å². The number of fused-ring (bicyclic) bond motifs is 1. The van der Waals surface area contributed by atoms with E-state index < -0.39 is 0 Å². The van der Waals surface area contributed by atoms with Gasteiger partial charge in [-0.2, -0.15) is 0 Å². The van der Waals surface area contributed by atoms with Crippen molar-refractivity contribution in [3.05, 3.63) is 70.1 Å². The summed E-state index contributed by atoms with van der Waals surface area (Å²) in [5.41, 5.74) is 1.75. The first kappa shape index (κ1) is 17.0. The van der Waals surface area contributed by atoms with E-state index >= 15 is 0 Å². The number of rotatable bonds is 3. The van der Waals surface area contributed by atoms with Gasteiger partial charge < -0.3 is 14.8 Å². The Morgan fingerprint density at radius 3 is 2.48 bits per heavy atom. The summed E-state index contributed by atoms with van der Waals surface area (Å²) in [6.07, 6.45) is 0. The van der Waals surface area contributed by atoms with Crippen LogP contribution in [0.5, 0.6) is 11.5 Å². The van der Waals surface area contributed by atoms with Crippen molar-refractivity contribution in [2.45, 2.75) is 6.92 Å². The van der Waals surface area contributed by atoms with Crippen LogP contribution >= 0.6 is 0 Å². The van der Waals surface area contributed by atoms with Crippen LogP contribution in [0.1, 0.15) is 16.1 Å². The van der Waals surface area contributed by atoms with E-state index in [1.165, 1.54) is 4.68 Å². The maximum Gasteiger partial charge on any atom is 0.295 e. The number of carbonyl (C=O) groups excluding carboxylic acids is 1.